The van der Waals surface area contributed by atoms with Gasteiger partial charge in [-0.25, -0.2) is 0 Å². The van der Waals surface area contributed by atoms with Crippen LogP contribution in [0.3, 0.4) is 0 Å². The van der Waals surface area contributed by atoms with Gasteiger partial charge in [0, 0.05) is 5.56 Å². The van der Waals surface area contributed by atoms with E-state index < -0.39 is 0 Å². The molecule has 0 heterocycles. The largest absolute Gasteiger partial charge is 0.488 e. The zero-order chi connectivity index (χ0) is 12.0. The van der Waals surface area contributed by atoms with Gasteiger partial charge in [-0.1, -0.05) is 18.7 Å². The fraction of sp³-hybridized carbons (Fsp3) is 0.154. The van der Waals surface area contributed by atoms with Crippen molar-refractivity contribution in [1.29, 1.82) is 0 Å². The van der Waals surface area contributed by atoms with Gasteiger partial charge in [-0.3, -0.25) is 4.79 Å². The number of carbonyl (C=O) groups is 1. The highest BCUT2D eigenvalue weighted by Crippen LogP contribution is 2.31. The van der Waals surface area contributed by atoms with Crippen molar-refractivity contribution in [1.82, 2.24) is 0 Å². The summed E-state index contributed by atoms with van der Waals surface area (Å²) in [7, 11) is 0. The van der Waals surface area contributed by atoms with Gasteiger partial charge < -0.3 is 4.74 Å². The van der Waals surface area contributed by atoms with E-state index in [0.29, 0.717) is 18.6 Å². The lowest BCUT2D eigenvalue weighted by Gasteiger charge is -2.11. The van der Waals surface area contributed by atoms with Crippen LogP contribution < -0.4 is 4.74 Å². The molecular weight excluding hydrogens is 268 g/mol. The third kappa shape index (κ3) is 3.07. The van der Waals surface area contributed by atoms with E-state index in [2.05, 4.69) is 29.1 Å². The van der Waals surface area contributed by atoms with Gasteiger partial charge in [-0.05, 0) is 40.0 Å². The quantitative estimate of drug-likeness (QED) is 0.588. The average Bonchev–Trinajstić information content (AvgIpc) is 2.28. The summed E-state index contributed by atoms with van der Waals surface area (Å²) in [5, 5.41) is 0. The van der Waals surface area contributed by atoms with Crippen LogP contribution in [-0.2, 0) is 6.42 Å². The highest BCUT2D eigenvalue weighted by atomic mass is 79.9. The van der Waals surface area contributed by atoms with E-state index in [4.69, 9.17) is 4.74 Å². The molecule has 0 aliphatic heterocycles. The second-order valence-corrected chi connectivity index (χ2v) is 4.06. The van der Waals surface area contributed by atoms with Crippen molar-refractivity contribution >= 4 is 22.2 Å². The molecule has 0 unspecified atom stereocenters. The first-order valence-corrected chi connectivity index (χ1v) is 5.64. The molecule has 0 bridgehead atoms. The minimum Gasteiger partial charge on any atom is -0.488 e. The van der Waals surface area contributed by atoms with Crippen molar-refractivity contribution in [2.75, 3.05) is 6.61 Å². The molecule has 0 aliphatic rings. The van der Waals surface area contributed by atoms with Crippen LogP contribution in [-0.4, -0.2) is 12.9 Å². The second kappa shape index (κ2) is 6.28. The molecule has 84 valence electrons. The summed E-state index contributed by atoms with van der Waals surface area (Å²) in [6.45, 7) is 7.72. The minimum atomic E-state index is 0.434. The number of ether oxygens (including phenoxy) is 1. The van der Waals surface area contributed by atoms with Crippen LogP contribution in [0.4, 0.5) is 0 Å². The van der Waals surface area contributed by atoms with Gasteiger partial charge in [-0.2, -0.15) is 0 Å². The second-order valence-electron chi connectivity index (χ2n) is 3.20. The van der Waals surface area contributed by atoms with Gasteiger partial charge in [0.25, 0.3) is 0 Å². The average molecular weight is 281 g/mol. The Morgan fingerprint density at radius 3 is 2.62 bits per heavy atom. The third-order valence-electron chi connectivity index (χ3n) is 1.99. The van der Waals surface area contributed by atoms with Gasteiger partial charge in [0.05, 0.1) is 4.47 Å². The monoisotopic (exact) mass is 280 g/mol. The van der Waals surface area contributed by atoms with E-state index in [1.807, 2.05) is 0 Å². The number of benzene rings is 1. The van der Waals surface area contributed by atoms with Gasteiger partial charge >= 0.3 is 0 Å². The Morgan fingerprint density at radius 2 is 2.06 bits per heavy atom. The van der Waals surface area contributed by atoms with Gasteiger partial charge in [0.2, 0.25) is 0 Å². The topological polar surface area (TPSA) is 26.3 Å². The van der Waals surface area contributed by atoms with Crippen molar-refractivity contribution in [2.24, 2.45) is 0 Å². The maximum absolute atomic E-state index is 10.7. The lowest BCUT2D eigenvalue weighted by molar-refractivity contribution is 0.112. The first-order valence-electron chi connectivity index (χ1n) is 4.85. The van der Waals surface area contributed by atoms with E-state index in [1.54, 1.807) is 24.3 Å². The highest BCUT2D eigenvalue weighted by molar-refractivity contribution is 9.10. The highest BCUT2D eigenvalue weighted by Gasteiger charge is 2.09. The molecule has 1 aromatic carbocycles. The molecule has 0 aliphatic carbocycles. The standard InChI is InChI=1S/C13H13BrO2/c1-3-5-11-7-10(9-15)8-12(14)13(11)16-6-4-2/h3-4,7-9H,1-2,5-6H2. The molecule has 0 aromatic heterocycles. The minimum absolute atomic E-state index is 0.434. The summed E-state index contributed by atoms with van der Waals surface area (Å²) in [6.07, 6.45) is 4.93. The summed E-state index contributed by atoms with van der Waals surface area (Å²) in [4.78, 5) is 10.7. The SMILES string of the molecule is C=CCOc1c(Br)cc(C=O)cc1CC=C. The molecule has 0 atom stereocenters. The molecule has 3 heteroatoms. The first-order chi connectivity index (χ1) is 7.72. The molecular formula is C13H13BrO2. The van der Waals surface area contributed by atoms with Crippen molar-refractivity contribution in [3.63, 3.8) is 0 Å². The van der Waals surface area contributed by atoms with E-state index in [-0.39, 0.29) is 0 Å². The Balaban J connectivity index is 3.15. The molecule has 1 aromatic rings. The number of carbonyl (C=O) groups excluding carboxylic acids is 1. The van der Waals surface area contributed by atoms with E-state index in [1.165, 1.54) is 0 Å². The molecule has 1 rings (SSSR count). The Hall–Kier alpha value is -1.35. The van der Waals surface area contributed by atoms with Crippen LogP contribution in [0.2, 0.25) is 0 Å². The molecule has 2 nitrogen and oxygen atoms in total. The zero-order valence-electron chi connectivity index (χ0n) is 8.91. The first kappa shape index (κ1) is 12.7. The fourth-order valence-electron chi connectivity index (χ4n) is 1.35. The molecule has 0 saturated carbocycles. The molecule has 0 spiro atoms. The van der Waals surface area contributed by atoms with Crippen LogP contribution in [0.1, 0.15) is 15.9 Å². The van der Waals surface area contributed by atoms with E-state index in [0.717, 1.165) is 22.1 Å². The van der Waals surface area contributed by atoms with Crippen molar-refractivity contribution in [3.05, 3.63) is 53.0 Å². The number of hydrogen-bond donors (Lipinski definition) is 0. The maximum Gasteiger partial charge on any atom is 0.150 e. The number of aldehydes is 1. The van der Waals surface area contributed by atoms with Crippen LogP contribution in [0.5, 0.6) is 5.75 Å². The Labute approximate surface area is 104 Å². The van der Waals surface area contributed by atoms with Crippen molar-refractivity contribution in [2.45, 2.75) is 6.42 Å². The summed E-state index contributed by atoms with van der Waals surface area (Å²) in [5.41, 5.74) is 1.56. The smallest absolute Gasteiger partial charge is 0.150 e. The predicted octanol–water partition coefficient (Wildman–Crippen LogP) is 3.55. The maximum atomic E-state index is 10.7. The molecule has 16 heavy (non-hydrogen) atoms. The van der Waals surface area contributed by atoms with E-state index in [9.17, 15) is 4.79 Å². The summed E-state index contributed by atoms with van der Waals surface area (Å²) >= 11 is 3.39. The van der Waals surface area contributed by atoms with E-state index >= 15 is 0 Å². The lowest BCUT2D eigenvalue weighted by atomic mass is 10.1. The number of allylic oxidation sites excluding steroid dienone is 1. The molecule has 0 radical (unpaired) electrons. The molecule has 0 amide bonds. The Bertz CT molecular complexity index is 411. The van der Waals surface area contributed by atoms with Crippen LogP contribution in [0.15, 0.2) is 41.9 Å². The number of halogens is 1. The van der Waals surface area contributed by atoms with Gasteiger partial charge in [0.15, 0.2) is 0 Å². The molecule has 0 N–H and O–H groups in total. The van der Waals surface area contributed by atoms with Crippen molar-refractivity contribution < 1.29 is 9.53 Å². The third-order valence-corrected chi connectivity index (χ3v) is 2.58. The van der Waals surface area contributed by atoms with Crippen LogP contribution in [0, 0.1) is 0 Å². The predicted molar refractivity (Wildman–Crippen MR) is 69.1 cm³/mol. The number of hydrogen-bond acceptors (Lipinski definition) is 2. The normalized spacial score (nSPS) is 9.56. The van der Waals surface area contributed by atoms with Crippen LogP contribution in [0.25, 0.3) is 0 Å². The summed E-state index contributed by atoms with van der Waals surface area (Å²) < 4.78 is 6.31. The number of rotatable bonds is 6. The van der Waals surface area contributed by atoms with Gasteiger partial charge in [0.1, 0.15) is 18.6 Å². The van der Waals surface area contributed by atoms with Gasteiger partial charge in [-0.15, -0.1) is 6.58 Å². The Kier molecular flexibility index (Phi) is 4.99. The molecule has 0 fully saturated rings. The lowest BCUT2D eigenvalue weighted by Crippen LogP contribution is -1.99. The van der Waals surface area contributed by atoms with Crippen molar-refractivity contribution in [3.8, 4) is 5.75 Å². The zero-order valence-corrected chi connectivity index (χ0v) is 10.5. The summed E-state index contributed by atoms with van der Waals surface area (Å²) in [5.74, 6) is 0.741. The summed E-state index contributed by atoms with van der Waals surface area (Å²) in [6, 6.07) is 3.54. The fourth-order valence-corrected chi connectivity index (χ4v) is 1.99. The molecule has 0 saturated heterocycles. The Morgan fingerprint density at radius 1 is 1.31 bits per heavy atom. The van der Waals surface area contributed by atoms with Crippen LogP contribution >= 0.6 is 15.9 Å².